The minimum Gasteiger partial charge on any atom is -0.367 e. The summed E-state index contributed by atoms with van der Waals surface area (Å²) < 4.78 is 0. The van der Waals surface area contributed by atoms with E-state index in [0.717, 1.165) is 5.69 Å². The van der Waals surface area contributed by atoms with Crippen molar-refractivity contribution in [2.24, 2.45) is 0 Å². The molecule has 0 unspecified atom stereocenters. The smallest absolute Gasteiger partial charge is 0.270 e. The number of non-ortho nitro benzene ring substituents is 1. The summed E-state index contributed by atoms with van der Waals surface area (Å²) in [5, 5.41) is 12.1. The summed E-state index contributed by atoms with van der Waals surface area (Å²) in [6.07, 6.45) is 0. The lowest BCUT2D eigenvalue weighted by atomic mass is 10.1. The van der Waals surface area contributed by atoms with Crippen molar-refractivity contribution in [3.63, 3.8) is 0 Å². The molecule has 130 valence electrons. The number of piperazine rings is 1. The molecule has 0 aliphatic carbocycles. The van der Waals surface area contributed by atoms with Crippen molar-refractivity contribution in [3.05, 3.63) is 68.2 Å². The molecule has 0 saturated carbocycles. The maximum Gasteiger partial charge on any atom is 0.270 e. The van der Waals surface area contributed by atoms with Crippen molar-refractivity contribution in [3.8, 4) is 0 Å². The quantitative estimate of drug-likeness (QED) is 0.599. The fourth-order valence-corrected chi connectivity index (χ4v) is 3.22. The number of carbonyl (C=O) groups excluding carboxylic acids is 1. The lowest BCUT2D eigenvalue weighted by Gasteiger charge is -2.36. The molecule has 2 aromatic carbocycles. The van der Waals surface area contributed by atoms with Gasteiger partial charge in [0.15, 0.2) is 0 Å². The van der Waals surface area contributed by atoms with Gasteiger partial charge in [-0.15, -0.1) is 0 Å². The Morgan fingerprint density at radius 1 is 1.04 bits per heavy atom. The van der Waals surface area contributed by atoms with Crippen LogP contribution in [-0.4, -0.2) is 41.9 Å². The van der Waals surface area contributed by atoms with E-state index < -0.39 is 4.92 Å². The number of halogens is 2. The van der Waals surface area contributed by atoms with Gasteiger partial charge < -0.3 is 9.80 Å². The van der Waals surface area contributed by atoms with Crippen molar-refractivity contribution in [1.82, 2.24) is 4.90 Å². The van der Waals surface area contributed by atoms with E-state index in [1.165, 1.54) is 18.2 Å². The highest BCUT2D eigenvalue weighted by Crippen LogP contribution is 2.30. The van der Waals surface area contributed by atoms with Gasteiger partial charge in [0.2, 0.25) is 0 Å². The number of carbonyl (C=O) groups is 1. The first-order valence-corrected chi connectivity index (χ1v) is 8.45. The fraction of sp³-hybridized carbons (Fsp3) is 0.235. The maximum atomic E-state index is 12.6. The first-order valence-electron chi connectivity index (χ1n) is 7.69. The molecule has 1 aliphatic heterocycles. The lowest BCUT2D eigenvalue weighted by molar-refractivity contribution is -0.384. The summed E-state index contributed by atoms with van der Waals surface area (Å²) in [7, 11) is 0. The number of nitro groups is 1. The largest absolute Gasteiger partial charge is 0.367 e. The minimum absolute atomic E-state index is 0.0878. The van der Waals surface area contributed by atoms with E-state index in [9.17, 15) is 14.9 Å². The van der Waals surface area contributed by atoms with Crippen LogP contribution in [0.25, 0.3) is 0 Å². The van der Waals surface area contributed by atoms with Crippen LogP contribution in [0.4, 0.5) is 11.4 Å². The van der Waals surface area contributed by atoms with Gasteiger partial charge in [0.25, 0.3) is 11.6 Å². The zero-order valence-corrected chi connectivity index (χ0v) is 14.7. The molecule has 6 nitrogen and oxygen atoms in total. The third kappa shape index (κ3) is 3.86. The van der Waals surface area contributed by atoms with Crippen LogP contribution in [0.3, 0.4) is 0 Å². The number of anilines is 1. The molecule has 3 rings (SSSR count). The second kappa shape index (κ2) is 7.29. The zero-order chi connectivity index (χ0) is 18.0. The van der Waals surface area contributed by atoms with Gasteiger partial charge in [0, 0.05) is 48.9 Å². The average Bonchev–Trinajstić information content (AvgIpc) is 2.63. The number of benzene rings is 2. The number of amides is 1. The van der Waals surface area contributed by atoms with Crippen molar-refractivity contribution in [2.75, 3.05) is 31.1 Å². The first kappa shape index (κ1) is 17.5. The van der Waals surface area contributed by atoms with E-state index in [4.69, 9.17) is 23.2 Å². The minimum atomic E-state index is -0.504. The molecule has 0 spiro atoms. The van der Waals surface area contributed by atoms with Gasteiger partial charge in [-0.1, -0.05) is 29.3 Å². The molecule has 0 radical (unpaired) electrons. The van der Waals surface area contributed by atoms with Crippen LogP contribution in [0.2, 0.25) is 10.0 Å². The second-order valence-electron chi connectivity index (χ2n) is 5.68. The maximum absolute atomic E-state index is 12.6. The van der Waals surface area contributed by atoms with Crippen molar-refractivity contribution in [2.45, 2.75) is 0 Å². The van der Waals surface area contributed by atoms with Gasteiger partial charge in [0.1, 0.15) is 0 Å². The molecule has 1 fully saturated rings. The van der Waals surface area contributed by atoms with Gasteiger partial charge in [-0.05, 0) is 24.3 Å². The molecule has 1 amide bonds. The van der Waals surface area contributed by atoms with Crippen LogP contribution in [0, 0.1) is 10.1 Å². The van der Waals surface area contributed by atoms with Crippen LogP contribution < -0.4 is 4.90 Å². The van der Waals surface area contributed by atoms with E-state index in [1.807, 2.05) is 6.07 Å². The van der Waals surface area contributed by atoms with Crippen LogP contribution in [-0.2, 0) is 0 Å². The molecule has 2 aromatic rings. The number of hydrogen-bond acceptors (Lipinski definition) is 4. The second-order valence-corrected chi connectivity index (χ2v) is 6.53. The molecule has 1 aliphatic rings. The molecule has 25 heavy (non-hydrogen) atoms. The Morgan fingerprint density at radius 2 is 1.76 bits per heavy atom. The molecule has 8 heteroatoms. The van der Waals surface area contributed by atoms with E-state index in [0.29, 0.717) is 41.8 Å². The summed E-state index contributed by atoms with van der Waals surface area (Å²) in [6, 6.07) is 11.1. The van der Waals surface area contributed by atoms with Gasteiger partial charge in [-0.25, -0.2) is 0 Å². The Hall–Kier alpha value is -2.31. The van der Waals surface area contributed by atoms with E-state index >= 15 is 0 Å². The van der Waals surface area contributed by atoms with Crippen LogP contribution in [0.5, 0.6) is 0 Å². The number of hydrogen-bond donors (Lipinski definition) is 0. The third-order valence-corrected chi connectivity index (χ3v) is 4.67. The Balaban J connectivity index is 1.70. The number of nitrogens with zero attached hydrogens (tertiary/aromatic N) is 3. The summed E-state index contributed by atoms with van der Waals surface area (Å²) in [4.78, 5) is 26.7. The lowest BCUT2D eigenvalue weighted by Crippen LogP contribution is -2.48. The zero-order valence-electron chi connectivity index (χ0n) is 13.2. The normalized spacial score (nSPS) is 14.5. The van der Waals surface area contributed by atoms with E-state index in [1.54, 1.807) is 23.1 Å². The fourth-order valence-electron chi connectivity index (χ4n) is 2.81. The molecule has 0 atom stereocenters. The van der Waals surface area contributed by atoms with Crippen molar-refractivity contribution < 1.29 is 9.72 Å². The molecular formula is C17H15Cl2N3O3. The summed E-state index contributed by atoms with van der Waals surface area (Å²) >= 11 is 12.3. The van der Waals surface area contributed by atoms with Crippen LogP contribution in [0.1, 0.15) is 10.4 Å². The first-order chi connectivity index (χ1) is 12.0. The SMILES string of the molecule is O=C(c1cccc([N+](=O)[O-])c1)N1CCN(c2cc(Cl)ccc2Cl)CC1. The average molecular weight is 380 g/mol. The Kier molecular flexibility index (Phi) is 5.11. The highest BCUT2D eigenvalue weighted by atomic mass is 35.5. The Morgan fingerprint density at radius 3 is 2.44 bits per heavy atom. The predicted octanol–water partition coefficient (Wildman–Crippen LogP) is 3.86. The Bertz CT molecular complexity index is 821. The topological polar surface area (TPSA) is 66.7 Å². The third-order valence-electron chi connectivity index (χ3n) is 4.12. The van der Waals surface area contributed by atoms with Crippen LogP contribution >= 0.6 is 23.2 Å². The highest BCUT2D eigenvalue weighted by Gasteiger charge is 2.24. The number of nitro benzene ring substituents is 1. The van der Waals surface area contributed by atoms with Crippen molar-refractivity contribution >= 4 is 40.5 Å². The molecule has 1 saturated heterocycles. The van der Waals surface area contributed by atoms with Crippen molar-refractivity contribution in [1.29, 1.82) is 0 Å². The molecular weight excluding hydrogens is 365 g/mol. The highest BCUT2D eigenvalue weighted by molar-refractivity contribution is 6.35. The number of rotatable bonds is 3. The predicted molar refractivity (Wildman–Crippen MR) is 97.7 cm³/mol. The van der Waals surface area contributed by atoms with Gasteiger partial charge in [0.05, 0.1) is 15.6 Å². The molecule has 0 bridgehead atoms. The van der Waals surface area contributed by atoms with Gasteiger partial charge >= 0.3 is 0 Å². The van der Waals surface area contributed by atoms with E-state index in [-0.39, 0.29) is 11.6 Å². The summed E-state index contributed by atoms with van der Waals surface area (Å²) in [5.74, 6) is -0.208. The standard InChI is InChI=1S/C17H15Cl2N3O3/c18-13-4-5-15(19)16(11-13)20-6-8-21(9-7-20)17(23)12-2-1-3-14(10-12)22(24)25/h1-5,10-11H,6-9H2. The molecule has 1 heterocycles. The van der Waals surface area contributed by atoms with E-state index in [2.05, 4.69) is 4.90 Å². The summed E-state index contributed by atoms with van der Waals surface area (Å²) in [6.45, 7) is 2.23. The summed E-state index contributed by atoms with van der Waals surface area (Å²) in [5.41, 5.74) is 1.08. The Labute approximate surface area is 154 Å². The van der Waals surface area contributed by atoms with Crippen LogP contribution in [0.15, 0.2) is 42.5 Å². The molecule has 0 aromatic heterocycles. The molecule has 0 N–H and O–H groups in total. The van der Waals surface area contributed by atoms with Gasteiger partial charge in [-0.3, -0.25) is 14.9 Å². The van der Waals surface area contributed by atoms with Gasteiger partial charge in [-0.2, -0.15) is 0 Å². The monoisotopic (exact) mass is 379 g/mol.